The van der Waals surface area contributed by atoms with Crippen LogP contribution < -0.4 is 15.2 Å². The van der Waals surface area contributed by atoms with Crippen LogP contribution >= 0.6 is 0 Å². The Balaban J connectivity index is 0.000000203. The number of fused-ring (bicyclic) bond motifs is 4. The molecule has 3 aromatic rings. The van der Waals surface area contributed by atoms with Gasteiger partial charge in [0, 0.05) is 12.3 Å². The van der Waals surface area contributed by atoms with Gasteiger partial charge in [0.05, 0.1) is 7.11 Å². The van der Waals surface area contributed by atoms with Gasteiger partial charge < -0.3 is 4.74 Å². The van der Waals surface area contributed by atoms with Gasteiger partial charge in [-0.25, -0.2) is 4.98 Å². The van der Waals surface area contributed by atoms with Crippen molar-refractivity contribution in [1.29, 1.82) is 0 Å². The Morgan fingerprint density at radius 1 is 0.893 bits per heavy atom. The monoisotopic (exact) mass is 369 g/mol. The minimum Gasteiger partial charge on any atom is -0.481 e. The van der Waals surface area contributed by atoms with Crippen molar-refractivity contribution in [2.45, 2.75) is 32.6 Å². The average Bonchev–Trinajstić information content (AvgIpc) is 2.79. The highest BCUT2D eigenvalue weighted by molar-refractivity contribution is 5.47. The van der Waals surface area contributed by atoms with E-state index in [-0.39, 0.29) is 0 Å². The molecule has 1 aromatic heterocycles. The van der Waals surface area contributed by atoms with E-state index in [1.54, 1.807) is 30.5 Å². The average molecular weight is 370 g/mol. The summed E-state index contributed by atoms with van der Waals surface area (Å²) in [4.78, 5) is 3.88. The van der Waals surface area contributed by atoms with Crippen molar-refractivity contribution < 1.29 is 4.74 Å². The van der Waals surface area contributed by atoms with E-state index in [0.717, 1.165) is 12.3 Å². The number of rotatable bonds is 2. The Hall–Kier alpha value is -2.87. The third-order valence-corrected chi connectivity index (χ3v) is 5.83. The minimum atomic E-state index is 0.660. The van der Waals surface area contributed by atoms with Gasteiger partial charge >= 0.3 is 0 Å². The fourth-order valence-corrected chi connectivity index (χ4v) is 4.21. The van der Waals surface area contributed by atoms with Gasteiger partial charge in [0.2, 0.25) is 5.88 Å². The van der Waals surface area contributed by atoms with Crippen LogP contribution in [0.25, 0.3) is 12.2 Å². The van der Waals surface area contributed by atoms with E-state index in [4.69, 9.17) is 4.74 Å². The number of benzene rings is 2. The molecule has 0 saturated heterocycles. The first-order valence-electron chi connectivity index (χ1n) is 10.2. The highest BCUT2D eigenvalue weighted by atomic mass is 16.5. The molecule has 1 heterocycles. The number of methoxy groups -OCH3 is 1. The Kier molecular flexibility index (Phi) is 5.57. The van der Waals surface area contributed by atoms with Crippen molar-refractivity contribution in [2.24, 2.45) is 5.92 Å². The lowest BCUT2D eigenvalue weighted by Crippen LogP contribution is -2.23. The summed E-state index contributed by atoms with van der Waals surface area (Å²) in [6.07, 6.45) is 11.4. The molecule has 0 radical (unpaired) electrons. The first kappa shape index (κ1) is 18.5. The van der Waals surface area contributed by atoms with E-state index in [2.05, 4.69) is 60.5 Å². The van der Waals surface area contributed by atoms with Gasteiger partial charge in [-0.2, -0.15) is 0 Å². The van der Waals surface area contributed by atoms with Crippen molar-refractivity contribution in [3.8, 4) is 5.88 Å². The lowest BCUT2D eigenvalue weighted by Gasteiger charge is -2.22. The van der Waals surface area contributed by atoms with Gasteiger partial charge in [0.1, 0.15) is 0 Å². The number of nitrogens with zero attached hydrogens (tertiary/aromatic N) is 1. The van der Waals surface area contributed by atoms with Crippen LogP contribution in [0.15, 0.2) is 60.8 Å². The first-order valence-corrected chi connectivity index (χ1v) is 10.2. The molecule has 28 heavy (non-hydrogen) atoms. The van der Waals surface area contributed by atoms with E-state index in [1.165, 1.54) is 40.1 Å². The van der Waals surface area contributed by atoms with Crippen molar-refractivity contribution in [3.63, 3.8) is 0 Å². The maximum atomic E-state index is 4.80. The molecule has 5 rings (SSSR count). The molecular weight excluding hydrogens is 342 g/mol. The Labute approximate surface area is 166 Å². The quantitative estimate of drug-likeness (QED) is 0.677. The molecule has 2 aromatic carbocycles. The summed E-state index contributed by atoms with van der Waals surface area (Å²) in [5.74, 6) is 1.50. The van der Waals surface area contributed by atoms with Gasteiger partial charge in [0.25, 0.3) is 0 Å². The lowest BCUT2D eigenvalue weighted by atomic mass is 9.83. The molecule has 2 heteroatoms. The molecule has 1 atom stereocenters. The second kappa shape index (κ2) is 8.43. The minimum absolute atomic E-state index is 0.660. The summed E-state index contributed by atoms with van der Waals surface area (Å²) < 4.78 is 4.80. The SMILES string of the molecule is CCC1CC=c2ccc3c(c2C1)CC=c1ccccc1=3.COc1ccccn1. The predicted molar refractivity (Wildman–Crippen MR) is 115 cm³/mol. The molecular formula is C26H27NO. The Morgan fingerprint density at radius 3 is 2.50 bits per heavy atom. The van der Waals surface area contributed by atoms with E-state index >= 15 is 0 Å². The van der Waals surface area contributed by atoms with Gasteiger partial charge in [-0.3, -0.25) is 0 Å². The highest BCUT2D eigenvalue weighted by Gasteiger charge is 2.16. The molecule has 0 spiro atoms. The molecule has 2 aliphatic carbocycles. The summed E-state index contributed by atoms with van der Waals surface area (Å²) in [5.41, 5.74) is 3.20. The first-order chi connectivity index (χ1) is 13.8. The second-order valence-corrected chi connectivity index (χ2v) is 7.45. The van der Waals surface area contributed by atoms with E-state index in [9.17, 15) is 0 Å². The van der Waals surface area contributed by atoms with Crippen LogP contribution in [0.2, 0.25) is 0 Å². The van der Waals surface area contributed by atoms with Gasteiger partial charge in [-0.15, -0.1) is 0 Å². The van der Waals surface area contributed by atoms with Crippen molar-refractivity contribution in [1.82, 2.24) is 4.98 Å². The number of pyridine rings is 1. The summed E-state index contributed by atoms with van der Waals surface area (Å²) in [5, 5.41) is 5.76. The van der Waals surface area contributed by atoms with Crippen LogP contribution in [0, 0.1) is 16.4 Å². The molecule has 0 aliphatic heterocycles. The zero-order valence-electron chi connectivity index (χ0n) is 16.7. The highest BCUT2D eigenvalue weighted by Crippen LogP contribution is 2.23. The molecule has 142 valence electrons. The van der Waals surface area contributed by atoms with Crippen molar-refractivity contribution >= 4 is 12.2 Å². The second-order valence-electron chi connectivity index (χ2n) is 7.45. The number of hydrogen-bond donors (Lipinski definition) is 0. The zero-order valence-corrected chi connectivity index (χ0v) is 16.7. The molecule has 0 bridgehead atoms. The summed E-state index contributed by atoms with van der Waals surface area (Å²) in [7, 11) is 1.60. The molecule has 0 saturated carbocycles. The van der Waals surface area contributed by atoms with E-state index < -0.39 is 0 Å². The van der Waals surface area contributed by atoms with E-state index in [1.807, 2.05) is 12.1 Å². The van der Waals surface area contributed by atoms with Crippen LogP contribution in [-0.2, 0) is 12.8 Å². The summed E-state index contributed by atoms with van der Waals surface area (Å²) >= 11 is 0. The van der Waals surface area contributed by atoms with Gasteiger partial charge in [-0.1, -0.05) is 68.0 Å². The molecule has 0 fully saturated rings. The predicted octanol–water partition coefficient (Wildman–Crippen LogP) is 4.15. The fourth-order valence-electron chi connectivity index (χ4n) is 4.21. The van der Waals surface area contributed by atoms with E-state index in [0.29, 0.717) is 5.88 Å². The number of aromatic nitrogens is 1. The molecule has 2 nitrogen and oxygen atoms in total. The normalized spacial score (nSPS) is 16.1. The standard InChI is InChI=1S/C20H20.C6H7NO/c1-2-14-7-8-16-10-11-18-17-6-4-3-5-15(17)9-12-19(18)20(16)13-14;1-8-6-4-2-3-5-7-6/h3-6,8-11,14H,2,7,12-13H2,1H3;2-5H,1H3. The smallest absolute Gasteiger partial charge is 0.212 e. The summed E-state index contributed by atoms with van der Waals surface area (Å²) in [6, 6.07) is 19.0. The zero-order chi connectivity index (χ0) is 19.3. The van der Waals surface area contributed by atoms with Crippen molar-refractivity contribution in [3.05, 3.63) is 92.8 Å². The molecule has 1 unspecified atom stereocenters. The van der Waals surface area contributed by atoms with Crippen LogP contribution in [0.4, 0.5) is 0 Å². The lowest BCUT2D eigenvalue weighted by molar-refractivity contribution is 0.398. The topological polar surface area (TPSA) is 22.1 Å². The van der Waals surface area contributed by atoms with Crippen LogP contribution in [-0.4, -0.2) is 12.1 Å². The molecule has 2 aliphatic rings. The number of ether oxygens (including phenoxy) is 1. The summed E-state index contributed by atoms with van der Waals surface area (Å²) in [6.45, 7) is 2.32. The van der Waals surface area contributed by atoms with Crippen LogP contribution in [0.3, 0.4) is 0 Å². The largest absolute Gasteiger partial charge is 0.481 e. The Morgan fingerprint density at radius 2 is 1.75 bits per heavy atom. The fraction of sp³-hybridized carbons (Fsp3) is 0.269. The van der Waals surface area contributed by atoms with Crippen LogP contribution in [0.1, 0.15) is 30.9 Å². The molecule has 0 amide bonds. The molecule has 0 N–H and O–H groups in total. The third-order valence-electron chi connectivity index (χ3n) is 5.83. The Bertz CT molecular complexity index is 1170. The maximum Gasteiger partial charge on any atom is 0.212 e. The maximum absolute atomic E-state index is 4.80. The van der Waals surface area contributed by atoms with Gasteiger partial charge in [0.15, 0.2) is 0 Å². The number of hydrogen-bond acceptors (Lipinski definition) is 2. The third kappa shape index (κ3) is 3.73. The van der Waals surface area contributed by atoms with Gasteiger partial charge in [-0.05, 0) is 63.2 Å². The van der Waals surface area contributed by atoms with Crippen LogP contribution in [0.5, 0.6) is 5.88 Å². The van der Waals surface area contributed by atoms with Crippen molar-refractivity contribution in [2.75, 3.05) is 7.11 Å².